The number of tetrazole rings is 1. The van der Waals surface area contributed by atoms with Crippen LogP contribution in [-0.2, 0) is 47.7 Å². The quantitative estimate of drug-likeness (QED) is 0.181. The van der Waals surface area contributed by atoms with Crippen molar-refractivity contribution in [2.75, 3.05) is 27.9 Å². The van der Waals surface area contributed by atoms with Crippen molar-refractivity contribution >= 4 is 29.2 Å². The zero-order chi connectivity index (χ0) is 50.6. The molecule has 4 aliphatic rings. The molecule has 5 rings (SSSR count). The largest absolute Gasteiger partial charge is 0.460 e. The average Bonchev–Trinajstić information content (AvgIpc) is 3.88. The first-order chi connectivity index (χ1) is 32.8. The number of piperidine rings is 1. The molecule has 0 radical (unpaired) electrons. The molecule has 1 saturated carbocycles. The van der Waals surface area contributed by atoms with Gasteiger partial charge in [-0.05, 0) is 112 Å². The first-order valence-electron chi connectivity index (χ1n) is 25.0. The van der Waals surface area contributed by atoms with Crippen molar-refractivity contribution in [3.05, 3.63) is 53.9 Å². The highest BCUT2D eigenvalue weighted by molar-refractivity contribution is 6.39. The molecule has 1 aromatic heterocycles. The Hall–Kier alpha value is -4.26. The van der Waals surface area contributed by atoms with Gasteiger partial charge >= 0.3 is 5.97 Å². The third-order valence-electron chi connectivity index (χ3n) is 15.1. The number of rotatable bonds is 7. The molecule has 15 atom stereocenters. The molecule has 3 unspecified atom stereocenters. The summed E-state index contributed by atoms with van der Waals surface area (Å²) in [5, 5.41) is 35.7. The van der Waals surface area contributed by atoms with Crippen LogP contribution in [0.5, 0.6) is 0 Å². The van der Waals surface area contributed by atoms with Gasteiger partial charge in [-0.2, -0.15) is 4.80 Å². The molecule has 2 saturated heterocycles. The van der Waals surface area contributed by atoms with E-state index in [0.29, 0.717) is 56.9 Å². The minimum atomic E-state index is -2.43. The summed E-state index contributed by atoms with van der Waals surface area (Å²) in [6, 6.07) is -1.24. The number of aliphatic hydroxyl groups excluding tert-OH is 1. The van der Waals surface area contributed by atoms with Gasteiger partial charge in [-0.15, -0.1) is 10.2 Å². The second kappa shape index (κ2) is 25.7. The molecule has 17 heteroatoms. The average molecular weight is 966 g/mol. The number of hydrogen-bond acceptors (Lipinski definition) is 15. The standard InChI is InChI=1S/C52H79N5O12/c1-31-16-12-11-13-17-32(2)43(65-8)28-39-21-19-37(7)52(64,69-39)49(61)50(62)56-23-15-14-18-41(56)51(63)68-44(34(4)26-38-20-22-40(45(27-38)66-9)57-54-30-53-55-57)29-42(58)33(3)25-36(6)47(60)48(67-10)46(59)35(5)24-31/h11-13,16-17,25,30-31,33-35,37-41,43-45,47-48,60,64H,14-15,18-24,26-29H2,1-10H3/b13-11+,16-12+,32-17+,36-25+/t31-,33-,34-,35?,37-,38+,39?,40+,41+,43+,44+,45-,47-,48?,52-/m1/s1. The van der Waals surface area contributed by atoms with Gasteiger partial charge in [0.25, 0.3) is 11.7 Å². The number of carbonyl (C=O) groups excluding carboxylic acids is 5. The van der Waals surface area contributed by atoms with Crippen molar-refractivity contribution in [3.63, 3.8) is 0 Å². The van der Waals surface area contributed by atoms with Gasteiger partial charge < -0.3 is 38.8 Å². The number of nitrogens with zero attached hydrogens (tertiary/aromatic N) is 5. The Morgan fingerprint density at radius 2 is 1.64 bits per heavy atom. The van der Waals surface area contributed by atoms with Crippen molar-refractivity contribution in [1.82, 2.24) is 25.1 Å². The highest BCUT2D eigenvalue weighted by Crippen LogP contribution is 2.39. The molecule has 17 nitrogen and oxygen atoms in total. The van der Waals surface area contributed by atoms with Crippen LogP contribution in [0.1, 0.15) is 132 Å². The van der Waals surface area contributed by atoms with Gasteiger partial charge in [-0.3, -0.25) is 19.2 Å². The van der Waals surface area contributed by atoms with E-state index in [4.69, 9.17) is 23.7 Å². The molecular weight excluding hydrogens is 887 g/mol. The molecule has 3 aliphatic heterocycles. The van der Waals surface area contributed by atoms with Gasteiger partial charge in [-0.1, -0.05) is 71.1 Å². The van der Waals surface area contributed by atoms with Crippen LogP contribution >= 0.6 is 0 Å². The van der Waals surface area contributed by atoms with E-state index in [-0.39, 0.29) is 60.9 Å². The fourth-order valence-electron chi connectivity index (χ4n) is 10.7. The van der Waals surface area contributed by atoms with Crippen LogP contribution in [0.25, 0.3) is 0 Å². The predicted molar refractivity (Wildman–Crippen MR) is 256 cm³/mol. The van der Waals surface area contributed by atoms with Gasteiger partial charge in [-0.25, -0.2) is 4.79 Å². The van der Waals surface area contributed by atoms with Crippen molar-refractivity contribution in [2.24, 2.45) is 35.5 Å². The van der Waals surface area contributed by atoms with Crippen LogP contribution < -0.4 is 0 Å². The van der Waals surface area contributed by atoms with E-state index >= 15 is 0 Å². The van der Waals surface area contributed by atoms with Crippen molar-refractivity contribution in [2.45, 2.75) is 180 Å². The Bertz CT molecular complexity index is 2020. The summed E-state index contributed by atoms with van der Waals surface area (Å²) in [5.41, 5.74) is 1.27. The smallest absolute Gasteiger partial charge is 0.329 e. The van der Waals surface area contributed by atoms with E-state index in [1.807, 2.05) is 58.1 Å². The number of fused-ring (bicyclic) bond motifs is 3. The number of cyclic esters (lactones) is 1. The summed E-state index contributed by atoms with van der Waals surface area (Å²) in [6.45, 7) is 12.8. The Labute approximate surface area is 408 Å². The number of Topliss-reactive ketones (excluding diaryl/α,β-unsaturated/α-hetero) is 3. The van der Waals surface area contributed by atoms with E-state index in [1.165, 1.54) is 18.3 Å². The maximum absolute atomic E-state index is 14.5. The van der Waals surface area contributed by atoms with Crippen LogP contribution in [0.2, 0.25) is 0 Å². The molecule has 0 spiro atoms. The summed E-state index contributed by atoms with van der Waals surface area (Å²) in [7, 11) is 4.61. The van der Waals surface area contributed by atoms with Crippen molar-refractivity contribution in [1.29, 1.82) is 0 Å². The third-order valence-corrected chi connectivity index (χ3v) is 15.1. The monoisotopic (exact) mass is 966 g/mol. The lowest BCUT2D eigenvalue weighted by Crippen LogP contribution is -2.61. The number of aliphatic hydroxyl groups is 2. The zero-order valence-electron chi connectivity index (χ0n) is 42.5. The Morgan fingerprint density at radius 3 is 2.32 bits per heavy atom. The minimum Gasteiger partial charge on any atom is -0.460 e. The molecule has 2 bridgehead atoms. The highest BCUT2D eigenvalue weighted by atomic mass is 16.6. The SMILES string of the molecule is COC1C(=O)C(C)C[C@H](C)/C=C/C=C/C=C(\C)[C@@H](OC)CC2CC[C@@H](C)[C@@](O)(O2)C(=O)C(=O)N2CCCC[C@H]2C(=O)O[C@H]([C@H](C)C[C@@H]2CC[C@H](n3ncnn3)[C@H](OC)C2)CC(=O)[C@H](C)/C=C(\C)[C@H]1O. The minimum absolute atomic E-state index is 0.0168. The number of methoxy groups -OCH3 is 3. The van der Waals surface area contributed by atoms with E-state index in [9.17, 15) is 34.2 Å². The fraction of sp³-hybridized carbons (Fsp3) is 0.731. The topological polar surface area (TPSA) is 219 Å². The Morgan fingerprint density at radius 1 is 0.884 bits per heavy atom. The molecule has 1 amide bonds. The van der Waals surface area contributed by atoms with E-state index < -0.39 is 77.8 Å². The van der Waals surface area contributed by atoms with Crippen LogP contribution in [0.4, 0.5) is 0 Å². The normalized spacial score (nSPS) is 38.8. The van der Waals surface area contributed by atoms with Crippen molar-refractivity contribution in [3.8, 4) is 0 Å². The number of ether oxygens (including phenoxy) is 5. The zero-order valence-corrected chi connectivity index (χ0v) is 42.5. The number of esters is 1. The highest BCUT2D eigenvalue weighted by Gasteiger charge is 2.53. The predicted octanol–water partition coefficient (Wildman–Crippen LogP) is 6.05. The van der Waals surface area contributed by atoms with Crippen LogP contribution in [-0.4, -0.2) is 141 Å². The molecule has 0 aromatic carbocycles. The maximum Gasteiger partial charge on any atom is 0.329 e. The third kappa shape index (κ3) is 14.2. The summed E-state index contributed by atoms with van der Waals surface area (Å²) < 4.78 is 29.9. The van der Waals surface area contributed by atoms with E-state index in [0.717, 1.165) is 18.4 Å². The lowest BCUT2D eigenvalue weighted by Gasteiger charge is -2.42. The van der Waals surface area contributed by atoms with E-state index in [1.54, 1.807) is 45.9 Å². The lowest BCUT2D eigenvalue weighted by molar-refractivity contribution is -0.265. The molecule has 2 N–H and O–H groups in total. The van der Waals surface area contributed by atoms with Crippen LogP contribution in [0, 0.1) is 35.5 Å². The molecule has 69 heavy (non-hydrogen) atoms. The van der Waals surface area contributed by atoms with Gasteiger partial charge in [0.2, 0.25) is 5.79 Å². The molecule has 4 heterocycles. The fourth-order valence-corrected chi connectivity index (χ4v) is 10.7. The van der Waals surface area contributed by atoms with Gasteiger partial charge in [0.05, 0.1) is 24.4 Å². The summed E-state index contributed by atoms with van der Waals surface area (Å²) in [6.07, 6.45) is 13.7. The maximum atomic E-state index is 14.5. The number of allylic oxidation sites excluding steroid dienone is 6. The lowest BCUT2D eigenvalue weighted by atomic mass is 9.77. The molecule has 384 valence electrons. The molecule has 1 aromatic rings. The number of ketones is 3. The summed E-state index contributed by atoms with van der Waals surface area (Å²) in [4.78, 5) is 73.9. The second-order valence-electron chi connectivity index (χ2n) is 20.3. The first-order valence-corrected chi connectivity index (χ1v) is 25.0. The second-order valence-corrected chi connectivity index (χ2v) is 20.3. The van der Waals surface area contributed by atoms with Crippen LogP contribution in [0.15, 0.2) is 53.9 Å². The number of aromatic nitrogens is 4. The first kappa shape index (κ1) is 55.7. The summed E-state index contributed by atoms with van der Waals surface area (Å²) >= 11 is 0. The Balaban J connectivity index is 1.46. The van der Waals surface area contributed by atoms with E-state index in [2.05, 4.69) is 15.4 Å². The number of carbonyl (C=O) groups is 5. The Kier molecular flexibility index (Phi) is 20.8. The number of amides is 1. The molecule has 3 fully saturated rings. The van der Waals surface area contributed by atoms with Crippen LogP contribution in [0.3, 0.4) is 0 Å². The summed E-state index contributed by atoms with van der Waals surface area (Å²) in [5.74, 6) is -7.94. The van der Waals surface area contributed by atoms with Gasteiger partial charge in [0, 0.05) is 58.5 Å². The van der Waals surface area contributed by atoms with Gasteiger partial charge in [0.15, 0.2) is 12.1 Å². The van der Waals surface area contributed by atoms with Gasteiger partial charge in [0.1, 0.15) is 30.1 Å². The van der Waals surface area contributed by atoms with Crippen molar-refractivity contribution < 1.29 is 57.9 Å². The molecule has 1 aliphatic carbocycles. The molecular formula is C52H79N5O12. The number of hydrogen-bond donors (Lipinski definition) is 2.